The Kier molecular flexibility index (Phi) is 7.27. The van der Waals surface area contributed by atoms with Crippen molar-refractivity contribution in [2.24, 2.45) is 17.5 Å². The second-order valence-corrected chi connectivity index (χ2v) is 7.63. The molecule has 25 heavy (non-hydrogen) atoms. The molecule has 1 heterocycles. The van der Waals surface area contributed by atoms with E-state index in [2.05, 4.69) is 10.1 Å². The van der Waals surface area contributed by atoms with Gasteiger partial charge in [0.25, 0.3) is 0 Å². The lowest BCUT2D eigenvalue weighted by Crippen LogP contribution is -2.50. The molecule has 0 amide bonds. The van der Waals surface area contributed by atoms with Crippen molar-refractivity contribution in [2.75, 3.05) is 26.3 Å². The first-order chi connectivity index (χ1) is 11.9. The second-order valence-electron chi connectivity index (χ2n) is 5.87. The molecular formula is C15H24N6O3S. The molecule has 1 unspecified atom stereocenters. The number of rotatable bonds is 8. The Bertz CT molecular complexity index is 682. The van der Waals surface area contributed by atoms with E-state index >= 15 is 0 Å². The number of ether oxygens (including phenoxy) is 1. The van der Waals surface area contributed by atoms with Gasteiger partial charge in [0.15, 0.2) is 0 Å². The maximum absolute atomic E-state index is 11.9. The smallest absolute Gasteiger partial charge is 0.241 e. The molecule has 0 spiro atoms. The Hall–Kier alpha value is -1.58. The van der Waals surface area contributed by atoms with Crippen molar-refractivity contribution in [3.63, 3.8) is 0 Å². The molecule has 6 N–H and O–H groups in total. The fourth-order valence-electron chi connectivity index (χ4n) is 2.58. The zero-order valence-corrected chi connectivity index (χ0v) is 14.7. The van der Waals surface area contributed by atoms with Crippen molar-refractivity contribution < 1.29 is 13.2 Å². The second kappa shape index (κ2) is 9.21. The fourth-order valence-corrected chi connectivity index (χ4v) is 3.49. The first-order valence-corrected chi connectivity index (χ1v) is 9.49. The summed E-state index contributed by atoms with van der Waals surface area (Å²) in [6.45, 7) is 1.88. The van der Waals surface area contributed by atoms with Crippen LogP contribution in [0.2, 0.25) is 0 Å². The molecule has 138 valence electrons. The summed E-state index contributed by atoms with van der Waals surface area (Å²) in [7, 11) is -3.69. The summed E-state index contributed by atoms with van der Waals surface area (Å²) in [5, 5.41) is 9.94. The molecule has 1 aliphatic rings. The number of nitrogens with one attached hydrogen (secondary N) is 2. The highest BCUT2D eigenvalue weighted by Gasteiger charge is 2.18. The van der Waals surface area contributed by atoms with Crippen LogP contribution in [-0.4, -0.2) is 39.8 Å². The molecular weight excluding hydrogens is 344 g/mol. The highest BCUT2D eigenvalue weighted by molar-refractivity contribution is 7.89. The minimum atomic E-state index is -3.69. The van der Waals surface area contributed by atoms with Crippen LogP contribution >= 0.6 is 0 Å². The van der Waals surface area contributed by atoms with Crippen LogP contribution in [0.1, 0.15) is 24.6 Å². The molecule has 0 radical (unpaired) electrons. The molecule has 0 saturated carbocycles. The SMILES string of the molecule is N#CCNS(=O)(=O)c1ccc(C(N)NN(N)CC2CCOCC2)cc1. The summed E-state index contributed by atoms with van der Waals surface area (Å²) in [5.41, 5.74) is 9.75. The van der Waals surface area contributed by atoms with Crippen molar-refractivity contribution in [3.8, 4) is 6.07 Å². The quantitative estimate of drug-likeness (QED) is 0.209. The number of hydrogen-bond acceptors (Lipinski definition) is 8. The van der Waals surface area contributed by atoms with Gasteiger partial charge < -0.3 is 10.5 Å². The van der Waals surface area contributed by atoms with Crippen LogP contribution in [0.5, 0.6) is 0 Å². The van der Waals surface area contributed by atoms with Gasteiger partial charge in [-0.1, -0.05) is 12.1 Å². The third-order valence-electron chi connectivity index (χ3n) is 3.99. The van der Waals surface area contributed by atoms with E-state index in [1.165, 1.54) is 17.3 Å². The molecule has 0 bridgehead atoms. The molecule has 1 aromatic carbocycles. The van der Waals surface area contributed by atoms with Crippen molar-refractivity contribution in [1.82, 2.24) is 15.3 Å². The normalized spacial score (nSPS) is 17.4. The Morgan fingerprint density at radius 2 is 1.96 bits per heavy atom. The largest absolute Gasteiger partial charge is 0.381 e. The van der Waals surface area contributed by atoms with Crippen LogP contribution in [0, 0.1) is 17.2 Å². The molecule has 1 saturated heterocycles. The third kappa shape index (κ3) is 6.02. The Balaban J connectivity index is 1.91. The predicted octanol–water partition coefficient (Wildman–Crippen LogP) is -0.447. The van der Waals surface area contributed by atoms with E-state index in [4.69, 9.17) is 21.6 Å². The van der Waals surface area contributed by atoms with Gasteiger partial charge in [0, 0.05) is 19.8 Å². The maximum Gasteiger partial charge on any atom is 0.241 e. The van der Waals surface area contributed by atoms with E-state index in [1.54, 1.807) is 18.2 Å². The monoisotopic (exact) mass is 368 g/mol. The number of nitrogens with two attached hydrogens (primary N) is 2. The molecule has 0 aromatic heterocycles. The third-order valence-corrected chi connectivity index (χ3v) is 5.41. The van der Waals surface area contributed by atoms with Gasteiger partial charge in [-0.25, -0.2) is 13.8 Å². The molecule has 2 rings (SSSR count). The van der Waals surface area contributed by atoms with E-state index in [-0.39, 0.29) is 11.4 Å². The van der Waals surface area contributed by atoms with E-state index in [0.29, 0.717) is 18.0 Å². The zero-order valence-electron chi connectivity index (χ0n) is 13.9. The summed E-state index contributed by atoms with van der Waals surface area (Å²) >= 11 is 0. The first-order valence-electron chi connectivity index (χ1n) is 8.00. The summed E-state index contributed by atoms with van der Waals surface area (Å²) in [6.07, 6.45) is 1.37. The van der Waals surface area contributed by atoms with Gasteiger partial charge in [-0.15, -0.1) is 0 Å². The molecule has 10 heteroatoms. The van der Waals surface area contributed by atoms with Crippen molar-refractivity contribution in [3.05, 3.63) is 29.8 Å². The number of hydrazine groups is 2. The maximum atomic E-state index is 11.9. The molecule has 9 nitrogen and oxygen atoms in total. The first kappa shape index (κ1) is 19.7. The van der Waals surface area contributed by atoms with E-state index in [1.807, 2.05) is 0 Å². The highest BCUT2D eigenvalue weighted by atomic mass is 32.2. The molecule has 1 fully saturated rings. The standard InChI is InChI=1S/C15H24N6O3S/c16-7-8-19-25(22,23)14-3-1-13(2-4-14)15(17)20-21(18)11-12-5-9-24-10-6-12/h1-4,12,15,19-20H,5-6,8-11,17-18H2. The topological polar surface area (TPSA) is 146 Å². The summed E-state index contributed by atoms with van der Waals surface area (Å²) in [5.74, 6) is 6.42. The van der Waals surface area contributed by atoms with Gasteiger partial charge in [0.1, 0.15) is 0 Å². The summed E-state index contributed by atoms with van der Waals surface area (Å²) < 4.78 is 31.3. The van der Waals surface area contributed by atoms with Crippen LogP contribution in [0.25, 0.3) is 0 Å². The molecule has 1 atom stereocenters. The van der Waals surface area contributed by atoms with Gasteiger partial charge in [-0.2, -0.15) is 15.1 Å². The molecule has 1 aromatic rings. The predicted molar refractivity (Wildman–Crippen MR) is 91.7 cm³/mol. The average Bonchev–Trinajstić information content (AvgIpc) is 2.61. The van der Waals surface area contributed by atoms with Gasteiger partial charge in [0.05, 0.1) is 23.7 Å². The average molecular weight is 368 g/mol. The van der Waals surface area contributed by atoms with E-state index in [0.717, 1.165) is 26.1 Å². The number of hydrogen-bond donors (Lipinski definition) is 4. The van der Waals surface area contributed by atoms with Crippen molar-refractivity contribution in [1.29, 1.82) is 5.26 Å². The highest BCUT2D eigenvalue weighted by Crippen LogP contribution is 2.16. The zero-order chi connectivity index (χ0) is 18.3. The number of benzene rings is 1. The summed E-state index contributed by atoms with van der Waals surface area (Å²) in [6, 6.07) is 7.84. The minimum absolute atomic E-state index is 0.0745. The van der Waals surface area contributed by atoms with Crippen LogP contribution in [0.15, 0.2) is 29.2 Å². The van der Waals surface area contributed by atoms with Gasteiger partial charge in [-0.3, -0.25) is 5.84 Å². The van der Waals surface area contributed by atoms with Crippen molar-refractivity contribution >= 4 is 10.0 Å². The minimum Gasteiger partial charge on any atom is -0.381 e. The van der Waals surface area contributed by atoms with Crippen molar-refractivity contribution in [2.45, 2.75) is 23.9 Å². The molecule has 0 aliphatic carbocycles. The van der Waals surface area contributed by atoms with Gasteiger partial charge in [-0.05, 0) is 36.5 Å². The van der Waals surface area contributed by atoms with Crippen LogP contribution in [0.3, 0.4) is 0 Å². The van der Waals surface area contributed by atoms with Gasteiger partial charge >= 0.3 is 0 Å². The van der Waals surface area contributed by atoms with Crippen LogP contribution in [0.4, 0.5) is 0 Å². The lowest BCUT2D eigenvalue weighted by Gasteiger charge is -2.29. The number of nitriles is 1. The summed E-state index contributed by atoms with van der Waals surface area (Å²) in [4.78, 5) is 0.0745. The molecule has 1 aliphatic heterocycles. The lowest BCUT2D eigenvalue weighted by molar-refractivity contribution is 0.0389. The fraction of sp³-hybridized carbons (Fsp3) is 0.533. The number of nitrogens with zero attached hydrogens (tertiary/aromatic N) is 2. The lowest BCUT2D eigenvalue weighted by atomic mass is 10.0. The number of sulfonamides is 1. The Morgan fingerprint density at radius 1 is 1.32 bits per heavy atom. The Morgan fingerprint density at radius 3 is 2.56 bits per heavy atom. The Labute approximate surface area is 147 Å². The van der Waals surface area contributed by atoms with E-state index in [9.17, 15) is 8.42 Å². The van der Waals surface area contributed by atoms with E-state index < -0.39 is 16.2 Å². The van der Waals surface area contributed by atoms with Gasteiger partial charge in [0.2, 0.25) is 10.0 Å². The van der Waals surface area contributed by atoms with Crippen LogP contribution < -0.4 is 21.7 Å². The van der Waals surface area contributed by atoms with Crippen LogP contribution in [-0.2, 0) is 14.8 Å².